The van der Waals surface area contributed by atoms with Crippen LogP contribution >= 0.6 is 0 Å². The molecule has 136 valence electrons. The Balaban J connectivity index is 2.00. The Morgan fingerprint density at radius 3 is 2.46 bits per heavy atom. The van der Waals surface area contributed by atoms with Crippen LogP contribution in [-0.2, 0) is 20.7 Å². The second kappa shape index (κ2) is 7.07. The van der Waals surface area contributed by atoms with Gasteiger partial charge in [-0.25, -0.2) is 0 Å². The van der Waals surface area contributed by atoms with Crippen LogP contribution in [-0.4, -0.2) is 20.0 Å². The molecule has 1 aliphatic heterocycles. The van der Waals surface area contributed by atoms with Crippen molar-refractivity contribution in [1.82, 2.24) is 0 Å². The maximum Gasteiger partial charge on any atom is 0.305 e. The molecule has 0 saturated heterocycles. The number of anilines is 1. The van der Waals surface area contributed by atoms with Crippen molar-refractivity contribution >= 4 is 25.6 Å². The first-order chi connectivity index (χ1) is 12.3. The van der Waals surface area contributed by atoms with Gasteiger partial charge < -0.3 is 4.74 Å². The molecular weight excluding hydrogens is 342 g/mol. The fourth-order valence-electron chi connectivity index (χ4n) is 3.31. The molecule has 26 heavy (non-hydrogen) atoms. The second-order valence-corrected chi connectivity index (χ2v) is 13.5. The van der Waals surface area contributed by atoms with Crippen LogP contribution in [0.15, 0.2) is 48.5 Å². The first-order valence-corrected chi connectivity index (χ1v) is 12.6. The van der Waals surface area contributed by atoms with Crippen LogP contribution in [0.1, 0.15) is 22.9 Å². The molecular formula is C21H25NO3Si. The summed E-state index contributed by atoms with van der Waals surface area (Å²) >= 11 is 0. The standard InChI is InChI=1S/C21H25NO3Si/c1-15-9-8-12-17-13-18(23)22(20(15)17)21(16-10-6-5-7-11-16)25-19(24)14-26(2,3)4/h5-12,21H,13-14H2,1-4H3. The first kappa shape index (κ1) is 18.4. The molecule has 1 heterocycles. The highest BCUT2D eigenvalue weighted by atomic mass is 28.3. The van der Waals surface area contributed by atoms with Gasteiger partial charge in [-0.15, -0.1) is 0 Å². The molecule has 5 heteroatoms. The molecule has 0 fully saturated rings. The Labute approximate surface area is 155 Å². The topological polar surface area (TPSA) is 46.6 Å². The predicted octanol–water partition coefficient (Wildman–Crippen LogP) is 4.46. The number of aryl methyl sites for hydroxylation is 1. The Kier molecular flexibility index (Phi) is 5.00. The summed E-state index contributed by atoms with van der Waals surface area (Å²) in [7, 11) is -1.61. The van der Waals surface area contributed by atoms with Crippen LogP contribution in [0.2, 0.25) is 25.7 Å². The second-order valence-electron chi connectivity index (χ2n) is 8.01. The minimum Gasteiger partial charge on any atom is -0.437 e. The number of ether oxygens (including phenoxy) is 1. The molecule has 1 aliphatic rings. The number of benzene rings is 2. The summed E-state index contributed by atoms with van der Waals surface area (Å²) in [5.74, 6) is -0.281. The molecule has 0 aromatic heterocycles. The molecule has 2 aromatic rings. The van der Waals surface area contributed by atoms with E-state index in [0.29, 0.717) is 12.5 Å². The lowest BCUT2D eigenvalue weighted by Gasteiger charge is -2.30. The molecule has 1 unspecified atom stereocenters. The fraction of sp³-hybridized carbons (Fsp3) is 0.333. The number of hydrogen-bond donors (Lipinski definition) is 0. The Morgan fingerprint density at radius 2 is 1.81 bits per heavy atom. The van der Waals surface area contributed by atoms with Crippen molar-refractivity contribution in [3.05, 3.63) is 65.2 Å². The highest BCUT2D eigenvalue weighted by Crippen LogP contribution is 2.39. The molecule has 0 saturated carbocycles. The highest BCUT2D eigenvalue weighted by Gasteiger charge is 2.37. The molecule has 0 spiro atoms. The van der Waals surface area contributed by atoms with Crippen molar-refractivity contribution in [3.8, 4) is 0 Å². The van der Waals surface area contributed by atoms with E-state index < -0.39 is 14.3 Å². The van der Waals surface area contributed by atoms with Gasteiger partial charge in [-0.05, 0) is 18.1 Å². The van der Waals surface area contributed by atoms with Gasteiger partial charge in [0.05, 0.1) is 20.2 Å². The van der Waals surface area contributed by atoms with Gasteiger partial charge in [0.15, 0.2) is 0 Å². The molecule has 0 bridgehead atoms. The first-order valence-electron chi connectivity index (χ1n) is 8.91. The van der Waals surface area contributed by atoms with E-state index in [0.717, 1.165) is 22.4 Å². The summed E-state index contributed by atoms with van der Waals surface area (Å²) in [6, 6.07) is 15.8. The number of carbonyl (C=O) groups is 2. The number of amides is 1. The van der Waals surface area contributed by atoms with E-state index in [4.69, 9.17) is 4.74 Å². The lowest BCUT2D eigenvalue weighted by molar-refractivity contribution is -0.147. The van der Waals surface area contributed by atoms with Crippen LogP contribution in [0.3, 0.4) is 0 Å². The van der Waals surface area contributed by atoms with Crippen molar-refractivity contribution in [1.29, 1.82) is 0 Å². The highest BCUT2D eigenvalue weighted by molar-refractivity contribution is 6.78. The monoisotopic (exact) mass is 367 g/mol. The summed E-state index contributed by atoms with van der Waals surface area (Å²) in [5.41, 5.74) is 3.67. The molecule has 0 aliphatic carbocycles. The summed E-state index contributed by atoms with van der Waals surface area (Å²) in [4.78, 5) is 27.0. The number of fused-ring (bicyclic) bond motifs is 1. The molecule has 3 rings (SSSR count). The molecule has 0 N–H and O–H groups in total. The number of nitrogens with zero attached hydrogens (tertiary/aromatic N) is 1. The Morgan fingerprint density at radius 1 is 1.12 bits per heavy atom. The summed E-state index contributed by atoms with van der Waals surface area (Å²) in [5, 5.41) is 0. The Hall–Kier alpha value is -2.40. The number of carbonyl (C=O) groups excluding carboxylic acids is 2. The average Bonchev–Trinajstić information content (AvgIpc) is 2.89. The largest absolute Gasteiger partial charge is 0.437 e. The van der Waals surface area contributed by atoms with Gasteiger partial charge in [-0.1, -0.05) is 68.2 Å². The van der Waals surface area contributed by atoms with Gasteiger partial charge in [-0.3, -0.25) is 14.5 Å². The van der Waals surface area contributed by atoms with E-state index in [1.165, 1.54) is 0 Å². The number of para-hydroxylation sites is 1. The molecule has 2 aromatic carbocycles. The zero-order chi connectivity index (χ0) is 18.9. The third-order valence-electron chi connectivity index (χ3n) is 4.41. The van der Waals surface area contributed by atoms with E-state index in [1.54, 1.807) is 4.90 Å². The van der Waals surface area contributed by atoms with E-state index in [2.05, 4.69) is 19.6 Å². The maximum atomic E-state index is 12.8. The minimum atomic E-state index is -1.61. The average molecular weight is 368 g/mol. The smallest absolute Gasteiger partial charge is 0.305 e. The fourth-order valence-corrected chi connectivity index (χ4v) is 4.26. The maximum absolute atomic E-state index is 12.8. The molecule has 0 radical (unpaired) electrons. The number of esters is 1. The van der Waals surface area contributed by atoms with Crippen molar-refractivity contribution in [2.24, 2.45) is 0 Å². The normalized spacial score (nSPS) is 14.9. The van der Waals surface area contributed by atoms with Gasteiger partial charge in [0.25, 0.3) is 0 Å². The van der Waals surface area contributed by atoms with E-state index in [-0.39, 0.29) is 11.9 Å². The quantitative estimate of drug-likeness (QED) is 0.579. The van der Waals surface area contributed by atoms with E-state index in [1.807, 2.05) is 55.5 Å². The van der Waals surface area contributed by atoms with Gasteiger partial charge >= 0.3 is 5.97 Å². The summed E-state index contributed by atoms with van der Waals surface area (Å²) in [6.45, 7) is 8.38. The van der Waals surface area contributed by atoms with Crippen molar-refractivity contribution in [2.45, 2.75) is 45.3 Å². The summed E-state index contributed by atoms with van der Waals surface area (Å²) < 4.78 is 5.88. The SMILES string of the molecule is Cc1cccc2c1N(C(OC(=O)C[Si](C)(C)C)c1ccccc1)C(=O)C2. The van der Waals surface area contributed by atoms with Gasteiger partial charge in [0.1, 0.15) is 0 Å². The van der Waals surface area contributed by atoms with Crippen LogP contribution in [0.4, 0.5) is 5.69 Å². The van der Waals surface area contributed by atoms with E-state index >= 15 is 0 Å². The van der Waals surface area contributed by atoms with Crippen LogP contribution in [0.25, 0.3) is 0 Å². The van der Waals surface area contributed by atoms with Crippen molar-refractivity contribution < 1.29 is 14.3 Å². The van der Waals surface area contributed by atoms with Crippen LogP contribution in [0.5, 0.6) is 0 Å². The number of rotatable bonds is 5. The predicted molar refractivity (Wildman–Crippen MR) is 106 cm³/mol. The van der Waals surface area contributed by atoms with Gasteiger partial charge in [-0.2, -0.15) is 0 Å². The van der Waals surface area contributed by atoms with E-state index in [9.17, 15) is 9.59 Å². The zero-order valence-corrected chi connectivity index (χ0v) is 16.8. The van der Waals surface area contributed by atoms with Crippen LogP contribution in [0, 0.1) is 6.92 Å². The zero-order valence-electron chi connectivity index (χ0n) is 15.8. The third-order valence-corrected chi connectivity index (χ3v) is 5.76. The number of hydrogen-bond acceptors (Lipinski definition) is 3. The Bertz CT molecular complexity index is 827. The third kappa shape index (κ3) is 3.88. The molecule has 4 nitrogen and oxygen atoms in total. The molecule has 1 amide bonds. The minimum absolute atomic E-state index is 0.0380. The van der Waals surface area contributed by atoms with Gasteiger partial charge in [0, 0.05) is 11.6 Å². The molecule has 1 atom stereocenters. The van der Waals surface area contributed by atoms with Crippen molar-refractivity contribution in [3.63, 3.8) is 0 Å². The van der Waals surface area contributed by atoms with Gasteiger partial charge in [0.2, 0.25) is 12.1 Å². The lowest BCUT2D eigenvalue weighted by atomic mass is 10.1. The van der Waals surface area contributed by atoms with Crippen molar-refractivity contribution in [2.75, 3.05) is 4.90 Å². The van der Waals surface area contributed by atoms with Crippen LogP contribution < -0.4 is 4.90 Å². The summed E-state index contributed by atoms with van der Waals surface area (Å²) in [6.07, 6.45) is -0.388. The lowest BCUT2D eigenvalue weighted by Crippen LogP contribution is -2.36.